The summed E-state index contributed by atoms with van der Waals surface area (Å²) in [5.74, 6) is 0.0494. The first kappa shape index (κ1) is 16.8. The minimum Gasteiger partial charge on any atom is -0.369 e. The third kappa shape index (κ3) is 2.83. The summed E-state index contributed by atoms with van der Waals surface area (Å²) in [6, 6.07) is 27.2. The summed E-state index contributed by atoms with van der Waals surface area (Å²) >= 11 is 0. The van der Waals surface area contributed by atoms with E-state index in [4.69, 9.17) is 5.73 Å². The maximum Gasteiger partial charge on any atom is 0.266 e. The van der Waals surface area contributed by atoms with E-state index in [1.54, 1.807) is 7.05 Å². The van der Waals surface area contributed by atoms with Crippen molar-refractivity contribution in [1.29, 1.82) is 0 Å². The molecule has 0 bridgehead atoms. The molecule has 1 heterocycles. The standard InChI is InChI=1S/C22H20N4O/c1-26-20(27)22(25-21(26)23,16-9-4-2-5-10-16)17-11-8-14-19(15-17)24-18-12-6-3-7-13-18/h2-15,24H,1H3,(H2,23,25)/t22-/m0/s1. The van der Waals surface area contributed by atoms with Crippen molar-refractivity contribution < 1.29 is 4.79 Å². The maximum absolute atomic E-state index is 13.2. The van der Waals surface area contributed by atoms with Crippen LogP contribution in [0.3, 0.4) is 0 Å². The van der Waals surface area contributed by atoms with Crippen LogP contribution < -0.4 is 11.1 Å². The van der Waals surface area contributed by atoms with Crippen LogP contribution in [0.5, 0.6) is 0 Å². The van der Waals surface area contributed by atoms with Gasteiger partial charge in [-0.3, -0.25) is 9.69 Å². The molecule has 0 aliphatic carbocycles. The molecular formula is C22H20N4O. The first-order valence-corrected chi connectivity index (χ1v) is 8.73. The SMILES string of the molecule is CN1C(=O)[C@](c2ccccc2)(c2cccc(Nc3ccccc3)c2)N=C1N. The topological polar surface area (TPSA) is 70.7 Å². The van der Waals surface area contributed by atoms with Gasteiger partial charge in [-0.15, -0.1) is 0 Å². The van der Waals surface area contributed by atoms with E-state index in [-0.39, 0.29) is 11.9 Å². The van der Waals surface area contributed by atoms with E-state index in [0.29, 0.717) is 0 Å². The molecule has 0 radical (unpaired) electrons. The summed E-state index contributed by atoms with van der Waals surface area (Å²) in [5.41, 5.74) is 8.26. The lowest BCUT2D eigenvalue weighted by Crippen LogP contribution is -2.41. The minimum absolute atomic E-state index is 0.164. The van der Waals surface area contributed by atoms with Crippen LogP contribution in [0.25, 0.3) is 0 Å². The fourth-order valence-corrected chi connectivity index (χ4v) is 3.37. The number of anilines is 2. The molecule has 0 saturated carbocycles. The largest absolute Gasteiger partial charge is 0.369 e. The van der Waals surface area contributed by atoms with Gasteiger partial charge in [0.2, 0.25) is 0 Å². The molecule has 0 fully saturated rings. The number of para-hydroxylation sites is 1. The van der Waals surface area contributed by atoms with Crippen molar-refractivity contribution in [3.05, 3.63) is 96.1 Å². The lowest BCUT2D eigenvalue weighted by atomic mass is 9.82. The number of likely N-dealkylation sites (N-methyl/N-ethyl adjacent to an activating group) is 1. The minimum atomic E-state index is -1.17. The Morgan fingerprint density at radius 2 is 1.44 bits per heavy atom. The average Bonchev–Trinajstić information content (AvgIpc) is 2.95. The highest BCUT2D eigenvalue weighted by molar-refractivity contribution is 6.09. The number of hydrogen-bond acceptors (Lipinski definition) is 4. The molecule has 3 aromatic carbocycles. The Morgan fingerprint density at radius 1 is 0.852 bits per heavy atom. The second kappa shape index (κ2) is 6.61. The summed E-state index contributed by atoms with van der Waals surface area (Å²) in [7, 11) is 1.65. The average molecular weight is 356 g/mol. The lowest BCUT2D eigenvalue weighted by Gasteiger charge is -2.26. The Morgan fingerprint density at radius 3 is 2.07 bits per heavy atom. The summed E-state index contributed by atoms with van der Waals surface area (Å²) in [6.07, 6.45) is 0. The molecule has 0 aromatic heterocycles. The van der Waals surface area contributed by atoms with E-state index in [2.05, 4.69) is 10.3 Å². The zero-order valence-corrected chi connectivity index (χ0v) is 15.0. The van der Waals surface area contributed by atoms with Crippen molar-refractivity contribution in [2.24, 2.45) is 10.7 Å². The molecule has 0 spiro atoms. The third-order valence-electron chi connectivity index (χ3n) is 4.77. The van der Waals surface area contributed by atoms with Gasteiger partial charge >= 0.3 is 0 Å². The van der Waals surface area contributed by atoms with Gasteiger partial charge in [-0.2, -0.15) is 0 Å². The third-order valence-corrected chi connectivity index (χ3v) is 4.77. The highest BCUT2D eigenvalue weighted by Gasteiger charge is 2.49. The van der Waals surface area contributed by atoms with Gasteiger partial charge in [-0.05, 0) is 35.4 Å². The number of nitrogens with one attached hydrogen (secondary N) is 1. The number of guanidine groups is 1. The fourth-order valence-electron chi connectivity index (χ4n) is 3.37. The molecule has 4 rings (SSSR count). The Hall–Kier alpha value is -3.60. The van der Waals surface area contributed by atoms with Crippen LogP contribution in [0.2, 0.25) is 0 Å². The van der Waals surface area contributed by atoms with Crippen LogP contribution in [0.1, 0.15) is 11.1 Å². The van der Waals surface area contributed by atoms with Gasteiger partial charge in [0, 0.05) is 18.4 Å². The number of carbonyl (C=O) groups is 1. The highest BCUT2D eigenvalue weighted by Crippen LogP contribution is 2.40. The summed E-state index contributed by atoms with van der Waals surface area (Å²) in [4.78, 5) is 19.2. The van der Waals surface area contributed by atoms with Gasteiger partial charge in [0.1, 0.15) is 0 Å². The molecule has 134 valence electrons. The second-order valence-corrected chi connectivity index (χ2v) is 6.48. The molecule has 0 saturated heterocycles. The van der Waals surface area contributed by atoms with E-state index in [1.807, 2.05) is 84.9 Å². The summed E-state index contributed by atoms with van der Waals surface area (Å²) in [5, 5.41) is 3.37. The van der Waals surface area contributed by atoms with E-state index in [0.717, 1.165) is 22.5 Å². The van der Waals surface area contributed by atoms with Crippen LogP contribution in [0.15, 0.2) is 89.9 Å². The van der Waals surface area contributed by atoms with E-state index in [1.165, 1.54) is 4.90 Å². The van der Waals surface area contributed by atoms with Crippen molar-refractivity contribution in [3.63, 3.8) is 0 Å². The van der Waals surface area contributed by atoms with Crippen molar-refractivity contribution in [2.75, 3.05) is 12.4 Å². The van der Waals surface area contributed by atoms with E-state index >= 15 is 0 Å². The van der Waals surface area contributed by atoms with Gasteiger partial charge in [-0.1, -0.05) is 60.7 Å². The van der Waals surface area contributed by atoms with E-state index in [9.17, 15) is 4.79 Å². The quantitative estimate of drug-likeness (QED) is 0.752. The Kier molecular flexibility index (Phi) is 4.12. The van der Waals surface area contributed by atoms with Crippen molar-refractivity contribution in [1.82, 2.24) is 4.90 Å². The Balaban J connectivity index is 1.83. The van der Waals surface area contributed by atoms with Crippen molar-refractivity contribution in [2.45, 2.75) is 5.54 Å². The smallest absolute Gasteiger partial charge is 0.266 e. The van der Waals surface area contributed by atoms with Crippen molar-refractivity contribution >= 4 is 23.2 Å². The normalized spacial score (nSPS) is 19.1. The van der Waals surface area contributed by atoms with Crippen LogP contribution in [-0.2, 0) is 10.3 Å². The van der Waals surface area contributed by atoms with Crippen LogP contribution >= 0.6 is 0 Å². The highest BCUT2D eigenvalue weighted by atomic mass is 16.2. The molecule has 1 amide bonds. The molecular weight excluding hydrogens is 336 g/mol. The number of hydrogen-bond donors (Lipinski definition) is 2. The number of nitrogens with two attached hydrogens (primary N) is 1. The van der Waals surface area contributed by atoms with Crippen LogP contribution in [0, 0.1) is 0 Å². The fraction of sp³-hybridized carbons (Fsp3) is 0.0909. The van der Waals surface area contributed by atoms with Gasteiger partial charge in [0.15, 0.2) is 11.5 Å². The number of amides is 1. The lowest BCUT2D eigenvalue weighted by molar-refractivity contribution is -0.129. The molecule has 27 heavy (non-hydrogen) atoms. The number of rotatable bonds is 4. The molecule has 1 aliphatic heterocycles. The van der Waals surface area contributed by atoms with Crippen LogP contribution in [-0.4, -0.2) is 23.8 Å². The summed E-state index contributed by atoms with van der Waals surface area (Å²) < 4.78 is 0. The van der Waals surface area contributed by atoms with Gasteiger partial charge < -0.3 is 11.1 Å². The van der Waals surface area contributed by atoms with Gasteiger partial charge in [0.25, 0.3) is 5.91 Å². The van der Waals surface area contributed by atoms with Gasteiger partial charge in [0.05, 0.1) is 0 Å². The monoisotopic (exact) mass is 356 g/mol. The van der Waals surface area contributed by atoms with Crippen molar-refractivity contribution in [3.8, 4) is 0 Å². The number of carbonyl (C=O) groups excluding carboxylic acids is 1. The molecule has 5 heteroatoms. The second-order valence-electron chi connectivity index (χ2n) is 6.48. The maximum atomic E-state index is 13.2. The zero-order chi connectivity index (χ0) is 18.9. The molecule has 5 nitrogen and oxygen atoms in total. The first-order chi connectivity index (χ1) is 13.1. The molecule has 1 aliphatic rings. The molecule has 0 unspecified atom stereocenters. The Labute approximate surface area is 158 Å². The predicted octanol–water partition coefficient (Wildman–Crippen LogP) is 3.46. The number of nitrogens with zero attached hydrogens (tertiary/aromatic N) is 2. The molecule has 1 atom stereocenters. The first-order valence-electron chi connectivity index (χ1n) is 8.73. The summed E-state index contributed by atoms with van der Waals surface area (Å²) in [6.45, 7) is 0. The zero-order valence-electron chi connectivity index (χ0n) is 15.0. The van der Waals surface area contributed by atoms with Gasteiger partial charge in [-0.25, -0.2) is 4.99 Å². The predicted molar refractivity (Wildman–Crippen MR) is 108 cm³/mol. The number of aliphatic imine (C=N–C) groups is 1. The molecule has 3 aromatic rings. The Bertz CT molecular complexity index is 1000. The number of benzene rings is 3. The van der Waals surface area contributed by atoms with E-state index < -0.39 is 5.54 Å². The van der Waals surface area contributed by atoms with Crippen LogP contribution in [0.4, 0.5) is 11.4 Å². The molecule has 3 N–H and O–H groups in total.